The zero-order chi connectivity index (χ0) is 26.5. The number of cyclic esters (lactones) is 2. The van der Waals surface area contributed by atoms with E-state index in [1.165, 1.54) is 13.8 Å². The van der Waals surface area contributed by atoms with Gasteiger partial charge in [0.05, 0.1) is 26.4 Å². The minimum absolute atomic E-state index is 0.0131. The van der Waals surface area contributed by atoms with Gasteiger partial charge in [-0.05, 0) is 13.3 Å². The first-order valence-electron chi connectivity index (χ1n) is 11.5. The number of aliphatic hydroxyl groups is 3. The summed E-state index contributed by atoms with van der Waals surface area (Å²) in [6.07, 6.45) is -4.86. The lowest BCUT2D eigenvalue weighted by Crippen LogP contribution is -2.64. The van der Waals surface area contributed by atoms with Crippen molar-refractivity contribution in [3.8, 4) is 0 Å². The van der Waals surface area contributed by atoms with Gasteiger partial charge in [0, 0.05) is 31.0 Å². The van der Waals surface area contributed by atoms with Crippen LogP contribution in [0.25, 0.3) is 0 Å². The van der Waals surface area contributed by atoms with E-state index in [0.29, 0.717) is 0 Å². The number of aliphatic hydroxyl groups excluding tert-OH is 3. The molecule has 0 aromatic carbocycles. The molecule has 2 aliphatic heterocycles. The van der Waals surface area contributed by atoms with E-state index in [1.807, 2.05) is 13.8 Å². The lowest BCUT2D eigenvalue weighted by Gasteiger charge is -2.42. The molecule has 0 aromatic heterocycles. The number of hydrogen-bond donors (Lipinski definition) is 5. The highest BCUT2D eigenvalue weighted by Crippen LogP contribution is 2.22. The molecule has 1 saturated heterocycles. The molecule has 2 amide bonds. The molecule has 0 aromatic rings. The van der Waals surface area contributed by atoms with Crippen LogP contribution in [0, 0.1) is 0 Å². The Morgan fingerprint density at radius 3 is 2.31 bits per heavy atom. The molecule has 0 saturated carbocycles. The fraction of sp³-hybridized carbons (Fsp3) is 0.727. The van der Waals surface area contributed by atoms with Gasteiger partial charge in [-0.1, -0.05) is 13.8 Å². The minimum Gasteiger partial charge on any atom is -0.394 e. The summed E-state index contributed by atoms with van der Waals surface area (Å²) in [5.41, 5.74) is 0.415. The topological polar surface area (TPSA) is 190 Å². The van der Waals surface area contributed by atoms with Crippen LogP contribution in [0.1, 0.15) is 40.5 Å². The van der Waals surface area contributed by atoms with Crippen LogP contribution < -0.4 is 10.6 Å². The number of carbonyl (C=O) groups excluding carboxylic acids is 4. The van der Waals surface area contributed by atoms with Crippen molar-refractivity contribution in [3.63, 3.8) is 0 Å². The maximum atomic E-state index is 11.9. The highest BCUT2D eigenvalue weighted by molar-refractivity contribution is 6.12. The molecular weight excluding hydrogens is 468 g/mol. The van der Waals surface area contributed by atoms with Crippen molar-refractivity contribution in [1.82, 2.24) is 10.6 Å². The van der Waals surface area contributed by atoms with Crippen molar-refractivity contribution in [2.75, 3.05) is 33.0 Å². The third-order valence-corrected chi connectivity index (χ3v) is 5.12. The molecule has 0 bridgehead atoms. The van der Waals surface area contributed by atoms with Crippen molar-refractivity contribution in [1.29, 1.82) is 0 Å². The highest BCUT2D eigenvalue weighted by Gasteiger charge is 2.45. The third-order valence-electron chi connectivity index (χ3n) is 5.12. The molecule has 200 valence electrons. The predicted molar refractivity (Wildman–Crippen MR) is 120 cm³/mol. The van der Waals surface area contributed by atoms with E-state index in [0.717, 1.165) is 0 Å². The minimum atomic E-state index is -1.40. The molecule has 5 atom stereocenters. The van der Waals surface area contributed by atoms with Crippen LogP contribution in [-0.2, 0) is 38.1 Å². The van der Waals surface area contributed by atoms with E-state index >= 15 is 0 Å². The quantitative estimate of drug-likeness (QED) is 0.115. The monoisotopic (exact) mass is 504 g/mol. The fourth-order valence-electron chi connectivity index (χ4n) is 3.32. The molecular formula is C22H36N2O11. The molecule has 0 radical (unpaired) electrons. The summed E-state index contributed by atoms with van der Waals surface area (Å²) in [5, 5.41) is 34.5. The van der Waals surface area contributed by atoms with Crippen molar-refractivity contribution < 1.29 is 53.4 Å². The first-order valence-corrected chi connectivity index (χ1v) is 11.5. The van der Waals surface area contributed by atoms with Gasteiger partial charge in [0.1, 0.15) is 24.4 Å². The number of nitrogens with one attached hydrogen (secondary N) is 2. The number of ether oxygens (including phenoxy) is 4. The average molecular weight is 505 g/mol. The molecule has 5 N–H and O–H groups in total. The highest BCUT2D eigenvalue weighted by atomic mass is 16.7. The van der Waals surface area contributed by atoms with Crippen LogP contribution in [-0.4, -0.2) is 103 Å². The summed E-state index contributed by atoms with van der Waals surface area (Å²) >= 11 is 0. The van der Waals surface area contributed by atoms with E-state index in [1.54, 1.807) is 0 Å². The summed E-state index contributed by atoms with van der Waals surface area (Å²) < 4.78 is 20.7. The molecule has 1 fully saturated rings. The Hall–Kier alpha value is -2.42. The molecule has 35 heavy (non-hydrogen) atoms. The van der Waals surface area contributed by atoms with E-state index < -0.39 is 55.1 Å². The molecule has 13 heteroatoms. The zero-order valence-electron chi connectivity index (χ0n) is 20.4. The maximum Gasteiger partial charge on any atom is 0.342 e. The van der Waals surface area contributed by atoms with Gasteiger partial charge in [-0.2, -0.15) is 0 Å². The molecule has 0 aliphatic carbocycles. The number of amides is 2. The molecule has 2 heterocycles. The number of esters is 2. The molecule has 2 rings (SSSR count). The lowest BCUT2D eigenvalue weighted by atomic mass is 9.97. The van der Waals surface area contributed by atoms with Crippen LogP contribution in [0.4, 0.5) is 0 Å². The standard InChI is InChI=1S/C20H30N2O11.C2H6/c1-10-12(19(29)33-18(10)28)3-4-14(25)21-5-6-30-7-8-31-20-15(22-11(2)24)17(27)16(26)13(9-23)32-20;1-2/h13,15-17,20,23,26-27H,3-9H2,1-2H3,(H,21,25)(H,22,24);1-2H3. The first kappa shape index (κ1) is 30.6. The fourth-order valence-corrected chi connectivity index (χ4v) is 3.32. The van der Waals surface area contributed by atoms with Gasteiger partial charge in [0.15, 0.2) is 6.29 Å². The third kappa shape index (κ3) is 9.28. The van der Waals surface area contributed by atoms with Crippen LogP contribution in [0.3, 0.4) is 0 Å². The van der Waals surface area contributed by atoms with Crippen molar-refractivity contribution in [2.24, 2.45) is 0 Å². The molecule has 2 aliphatic rings. The molecule has 5 unspecified atom stereocenters. The van der Waals surface area contributed by atoms with Crippen molar-refractivity contribution in [3.05, 3.63) is 11.1 Å². The molecule has 0 spiro atoms. The van der Waals surface area contributed by atoms with Gasteiger partial charge < -0.3 is 44.9 Å². The summed E-state index contributed by atoms with van der Waals surface area (Å²) in [5.74, 6) is -2.19. The van der Waals surface area contributed by atoms with E-state index in [-0.39, 0.29) is 56.3 Å². The van der Waals surface area contributed by atoms with Gasteiger partial charge in [0.2, 0.25) is 11.8 Å². The van der Waals surface area contributed by atoms with Gasteiger partial charge in [-0.15, -0.1) is 0 Å². The van der Waals surface area contributed by atoms with Crippen LogP contribution in [0.2, 0.25) is 0 Å². The van der Waals surface area contributed by atoms with Crippen LogP contribution in [0.15, 0.2) is 11.1 Å². The largest absolute Gasteiger partial charge is 0.394 e. The lowest BCUT2D eigenvalue weighted by molar-refractivity contribution is -0.272. The Kier molecular flexibility index (Phi) is 13.6. The summed E-state index contributed by atoms with van der Waals surface area (Å²) in [6, 6.07) is -1.04. The zero-order valence-corrected chi connectivity index (χ0v) is 20.4. The number of hydrogen-bond acceptors (Lipinski definition) is 11. The Balaban J connectivity index is 0.00000298. The summed E-state index contributed by atoms with van der Waals surface area (Å²) in [7, 11) is 0. The smallest absolute Gasteiger partial charge is 0.342 e. The van der Waals surface area contributed by atoms with Gasteiger partial charge >= 0.3 is 11.9 Å². The Bertz CT molecular complexity index is 771. The number of carbonyl (C=O) groups is 4. The van der Waals surface area contributed by atoms with Crippen molar-refractivity contribution in [2.45, 2.75) is 71.2 Å². The van der Waals surface area contributed by atoms with Gasteiger partial charge in [-0.3, -0.25) is 9.59 Å². The molecule has 13 nitrogen and oxygen atoms in total. The summed E-state index contributed by atoms with van der Waals surface area (Å²) in [4.78, 5) is 46.0. The Morgan fingerprint density at radius 2 is 1.74 bits per heavy atom. The van der Waals surface area contributed by atoms with Gasteiger partial charge in [0.25, 0.3) is 0 Å². The predicted octanol–water partition coefficient (Wildman–Crippen LogP) is -1.71. The second-order valence-electron chi connectivity index (χ2n) is 7.55. The SMILES string of the molecule is CC.CC(=O)NC1C(OCCOCCNC(=O)CCC2=C(C)C(=O)OC2=O)OC(CO)C(O)C1O. The van der Waals surface area contributed by atoms with Crippen LogP contribution >= 0.6 is 0 Å². The first-order chi connectivity index (χ1) is 16.6. The average Bonchev–Trinajstić information content (AvgIpc) is 3.07. The number of rotatable bonds is 12. The second kappa shape index (κ2) is 15.5. The second-order valence-corrected chi connectivity index (χ2v) is 7.55. The Labute approximate surface area is 203 Å². The van der Waals surface area contributed by atoms with Gasteiger partial charge in [-0.25, -0.2) is 9.59 Å². The Morgan fingerprint density at radius 1 is 1.06 bits per heavy atom. The maximum absolute atomic E-state index is 11.9. The van der Waals surface area contributed by atoms with E-state index in [4.69, 9.17) is 14.2 Å². The van der Waals surface area contributed by atoms with E-state index in [2.05, 4.69) is 15.4 Å². The van der Waals surface area contributed by atoms with Crippen LogP contribution in [0.5, 0.6) is 0 Å². The summed E-state index contributed by atoms with van der Waals surface area (Å²) in [6.45, 7) is 6.65. The van der Waals surface area contributed by atoms with Crippen molar-refractivity contribution >= 4 is 23.8 Å². The normalized spacial score (nSPS) is 26.1. The van der Waals surface area contributed by atoms with E-state index in [9.17, 15) is 34.5 Å².